The number of hydrogen-bond donors (Lipinski definition) is 1. The van der Waals surface area contributed by atoms with Gasteiger partial charge < -0.3 is 10.1 Å². The molecule has 0 amide bonds. The van der Waals surface area contributed by atoms with Gasteiger partial charge in [0.2, 0.25) is 0 Å². The van der Waals surface area contributed by atoms with Crippen LogP contribution in [0.4, 0.5) is 5.69 Å². The number of rotatable bonds is 6. The highest BCUT2D eigenvalue weighted by Crippen LogP contribution is 2.31. The van der Waals surface area contributed by atoms with Gasteiger partial charge in [0, 0.05) is 11.1 Å². The fourth-order valence-corrected chi connectivity index (χ4v) is 3.22. The molecule has 3 nitrogen and oxygen atoms in total. The van der Waals surface area contributed by atoms with E-state index >= 15 is 0 Å². The van der Waals surface area contributed by atoms with Crippen molar-refractivity contribution in [3.8, 4) is 16.9 Å². The first kappa shape index (κ1) is 15.8. The van der Waals surface area contributed by atoms with Crippen LogP contribution in [0.3, 0.4) is 0 Å². The van der Waals surface area contributed by atoms with Gasteiger partial charge in [-0.1, -0.05) is 48.0 Å². The zero-order valence-electron chi connectivity index (χ0n) is 12.8. The molecule has 0 radical (unpaired) electrons. The molecule has 0 spiro atoms. The molecule has 0 aliphatic carbocycles. The van der Waals surface area contributed by atoms with E-state index in [1.807, 2.05) is 31.2 Å². The first-order chi connectivity index (χ1) is 11.3. The van der Waals surface area contributed by atoms with Crippen molar-refractivity contribution >= 4 is 28.6 Å². The van der Waals surface area contributed by atoms with E-state index in [1.165, 1.54) is 16.9 Å². The second-order valence-corrected chi connectivity index (χ2v) is 6.64. The van der Waals surface area contributed by atoms with Crippen LogP contribution in [-0.2, 0) is 6.54 Å². The Balaban J connectivity index is 1.85. The summed E-state index contributed by atoms with van der Waals surface area (Å²) in [4.78, 5) is 5.15. The lowest BCUT2D eigenvalue weighted by Crippen LogP contribution is -2.02. The molecule has 3 aromatic rings. The van der Waals surface area contributed by atoms with Crippen molar-refractivity contribution < 1.29 is 4.74 Å². The quantitative estimate of drug-likeness (QED) is 0.643. The molecule has 118 valence electrons. The molecule has 0 saturated heterocycles. The molecule has 0 aliphatic rings. The monoisotopic (exact) mass is 344 g/mol. The average molecular weight is 345 g/mol. The van der Waals surface area contributed by atoms with Crippen LogP contribution in [0.5, 0.6) is 5.75 Å². The highest BCUT2D eigenvalue weighted by atomic mass is 35.5. The van der Waals surface area contributed by atoms with Crippen molar-refractivity contribution in [2.45, 2.75) is 13.5 Å². The summed E-state index contributed by atoms with van der Waals surface area (Å²) >= 11 is 7.36. The summed E-state index contributed by atoms with van der Waals surface area (Å²) in [5.41, 5.74) is 3.30. The molecule has 0 atom stereocenters. The second kappa shape index (κ2) is 7.49. The number of anilines is 1. The van der Waals surface area contributed by atoms with Crippen molar-refractivity contribution in [1.82, 2.24) is 4.98 Å². The van der Waals surface area contributed by atoms with Crippen LogP contribution in [0.25, 0.3) is 11.1 Å². The zero-order valence-corrected chi connectivity index (χ0v) is 14.3. The van der Waals surface area contributed by atoms with E-state index in [1.54, 1.807) is 6.20 Å². The number of aromatic nitrogens is 1. The van der Waals surface area contributed by atoms with Gasteiger partial charge in [-0.05, 0) is 30.2 Å². The van der Waals surface area contributed by atoms with Crippen LogP contribution >= 0.6 is 22.9 Å². The molecule has 23 heavy (non-hydrogen) atoms. The first-order valence-corrected chi connectivity index (χ1v) is 8.62. The van der Waals surface area contributed by atoms with Crippen LogP contribution in [-0.4, -0.2) is 11.6 Å². The summed E-state index contributed by atoms with van der Waals surface area (Å²) in [6, 6.07) is 16.5. The van der Waals surface area contributed by atoms with E-state index in [9.17, 15) is 0 Å². The van der Waals surface area contributed by atoms with E-state index < -0.39 is 0 Å². The molecule has 0 saturated carbocycles. The molecule has 1 N–H and O–H groups in total. The molecule has 0 bridgehead atoms. The van der Waals surface area contributed by atoms with Gasteiger partial charge >= 0.3 is 0 Å². The van der Waals surface area contributed by atoms with E-state index in [-0.39, 0.29) is 0 Å². The smallest absolute Gasteiger partial charge is 0.183 e. The molecular formula is C18H17ClN2OS. The number of ether oxygens (including phenoxy) is 1. The van der Waals surface area contributed by atoms with Gasteiger partial charge in [0.1, 0.15) is 5.75 Å². The Hall–Kier alpha value is -2.04. The summed E-state index contributed by atoms with van der Waals surface area (Å²) in [6.07, 6.45) is 1.79. The zero-order chi connectivity index (χ0) is 16.1. The average Bonchev–Trinajstić information content (AvgIpc) is 3.00. The minimum absolute atomic E-state index is 0.560. The van der Waals surface area contributed by atoms with Crippen molar-refractivity contribution in [3.05, 3.63) is 64.1 Å². The second-order valence-electron chi connectivity index (χ2n) is 4.94. The molecule has 0 aliphatic heterocycles. The largest absolute Gasteiger partial charge is 0.492 e. The van der Waals surface area contributed by atoms with E-state index in [4.69, 9.17) is 16.3 Å². The Labute approximate surface area is 144 Å². The van der Waals surface area contributed by atoms with Crippen LogP contribution < -0.4 is 10.1 Å². The third kappa shape index (κ3) is 4.03. The van der Waals surface area contributed by atoms with Crippen LogP contribution in [0.15, 0.2) is 54.7 Å². The molecule has 1 aromatic heterocycles. The molecule has 0 unspecified atom stereocenters. The van der Waals surface area contributed by atoms with Gasteiger partial charge in [-0.25, -0.2) is 4.98 Å². The predicted molar refractivity (Wildman–Crippen MR) is 97.5 cm³/mol. The Morgan fingerprint density at radius 1 is 1.13 bits per heavy atom. The fraction of sp³-hybridized carbons (Fsp3) is 0.167. The minimum atomic E-state index is 0.560. The van der Waals surface area contributed by atoms with E-state index in [2.05, 4.69) is 34.6 Å². The number of halogens is 1. The van der Waals surface area contributed by atoms with Gasteiger partial charge in [0.05, 0.1) is 18.8 Å². The Morgan fingerprint density at radius 2 is 1.96 bits per heavy atom. The molecule has 2 aromatic carbocycles. The number of nitrogens with one attached hydrogen (secondary N) is 1. The Kier molecular flexibility index (Phi) is 5.16. The molecular weight excluding hydrogens is 328 g/mol. The lowest BCUT2D eigenvalue weighted by molar-refractivity contribution is 0.342. The third-order valence-electron chi connectivity index (χ3n) is 3.36. The molecule has 5 heteroatoms. The standard InChI is InChI=1S/C18H17ClN2OS/c1-2-22-17-9-8-14(13-6-4-3-5-7-13)10-16(17)20-11-15-12-21-18(19)23-15/h3-10,12,20H,2,11H2,1H3. The van der Waals surface area contributed by atoms with Gasteiger partial charge in [-0.2, -0.15) is 0 Å². The maximum Gasteiger partial charge on any atom is 0.183 e. The van der Waals surface area contributed by atoms with Crippen LogP contribution in [0.2, 0.25) is 4.47 Å². The van der Waals surface area contributed by atoms with Gasteiger partial charge in [-0.15, -0.1) is 11.3 Å². The maximum absolute atomic E-state index is 5.88. The minimum Gasteiger partial charge on any atom is -0.492 e. The van der Waals surface area contributed by atoms with Gasteiger partial charge in [-0.3, -0.25) is 0 Å². The van der Waals surface area contributed by atoms with Crippen molar-refractivity contribution in [2.75, 3.05) is 11.9 Å². The molecule has 0 fully saturated rings. The lowest BCUT2D eigenvalue weighted by atomic mass is 10.0. The molecule has 3 rings (SSSR count). The molecule has 1 heterocycles. The fourth-order valence-electron chi connectivity index (χ4n) is 2.31. The van der Waals surface area contributed by atoms with Crippen LogP contribution in [0, 0.1) is 0 Å². The lowest BCUT2D eigenvalue weighted by Gasteiger charge is -2.14. The third-order valence-corrected chi connectivity index (χ3v) is 4.48. The summed E-state index contributed by atoms with van der Waals surface area (Å²) in [6.45, 7) is 3.28. The van der Waals surface area contributed by atoms with E-state index in [0.717, 1.165) is 21.9 Å². The van der Waals surface area contributed by atoms with E-state index in [0.29, 0.717) is 17.6 Å². The SMILES string of the molecule is CCOc1ccc(-c2ccccc2)cc1NCc1cnc(Cl)s1. The number of thiazole rings is 1. The summed E-state index contributed by atoms with van der Waals surface area (Å²) in [5, 5.41) is 3.42. The normalized spacial score (nSPS) is 10.5. The summed E-state index contributed by atoms with van der Waals surface area (Å²) < 4.78 is 6.28. The summed E-state index contributed by atoms with van der Waals surface area (Å²) in [5.74, 6) is 0.850. The highest BCUT2D eigenvalue weighted by molar-refractivity contribution is 7.15. The maximum atomic E-state index is 5.88. The van der Waals surface area contributed by atoms with Gasteiger partial charge in [0.25, 0.3) is 0 Å². The predicted octanol–water partition coefficient (Wildman–Crippen LogP) is 5.47. The number of nitrogens with zero attached hydrogens (tertiary/aromatic N) is 1. The van der Waals surface area contributed by atoms with Crippen molar-refractivity contribution in [1.29, 1.82) is 0 Å². The van der Waals surface area contributed by atoms with Crippen LogP contribution in [0.1, 0.15) is 11.8 Å². The number of benzene rings is 2. The Bertz CT molecular complexity index is 774. The van der Waals surface area contributed by atoms with Gasteiger partial charge in [0.15, 0.2) is 4.47 Å². The van der Waals surface area contributed by atoms with Crippen molar-refractivity contribution in [2.24, 2.45) is 0 Å². The Morgan fingerprint density at radius 3 is 2.65 bits per heavy atom. The number of hydrogen-bond acceptors (Lipinski definition) is 4. The topological polar surface area (TPSA) is 34.1 Å². The van der Waals surface area contributed by atoms with Crippen molar-refractivity contribution in [3.63, 3.8) is 0 Å². The first-order valence-electron chi connectivity index (χ1n) is 7.42. The highest BCUT2D eigenvalue weighted by Gasteiger charge is 2.07. The summed E-state index contributed by atoms with van der Waals surface area (Å²) in [7, 11) is 0.